The molecule has 2 aromatic heterocycles. The van der Waals surface area contributed by atoms with Crippen molar-refractivity contribution in [3.63, 3.8) is 0 Å². The first-order valence-corrected chi connectivity index (χ1v) is 6.15. The first-order chi connectivity index (χ1) is 8.74. The maximum atomic E-state index is 6.05. The number of anilines is 1. The Hall–Kier alpha value is -1.80. The van der Waals surface area contributed by atoms with E-state index in [0.717, 1.165) is 37.2 Å². The number of hydrogen-bond acceptors (Lipinski definition) is 4. The van der Waals surface area contributed by atoms with Crippen molar-refractivity contribution in [1.29, 1.82) is 0 Å². The molecule has 0 aliphatic heterocycles. The fourth-order valence-electron chi connectivity index (χ4n) is 1.66. The Kier molecular flexibility index (Phi) is 4.00. The number of nitrogens with zero attached hydrogens (tertiary/aromatic N) is 4. The van der Waals surface area contributed by atoms with Gasteiger partial charge in [-0.2, -0.15) is 19.6 Å². The quantitative estimate of drug-likeness (QED) is 0.511. The van der Waals surface area contributed by atoms with Crippen molar-refractivity contribution in [1.82, 2.24) is 19.6 Å². The van der Waals surface area contributed by atoms with Crippen LogP contribution in [0.5, 0.6) is 0 Å². The van der Waals surface area contributed by atoms with Gasteiger partial charge in [-0.25, -0.2) is 0 Å². The summed E-state index contributed by atoms with van der Waals surface area (Å²) in [6.45, 7) is 2.72. The lowest BCUT2D eigenvalue weighted by Crippen LogP contribution is -2.10. The summed E-state index contributed by atoms with van der Waals surface area (Å²) < 4.78 is 1.66. The highest BCUT2D eigenvalue weighted by Gasteiger charge is 2.11. The number of nitrogens with one attached hydrogen (secondary N) is 1. The third-order valence-electron chi connectivity index (χ3n) is 2.64. The van der Waals surface area contributed by atoms with Gasteiger partial charge in [0.15, 0.2) is 0 Å². The Labute approximate surface area is 111 Å². The molecule has 0 saturated heterocycles. The van der Waals surface area contributed by atoms with Crippen molar-refractivity contribution in [3.05, 3.63) is 17.0 Å². The molecule has 1 N–H and O–H groups in total. The summed E-state index contributed by atoms with van der Waals surface area (Å²) in [6, 6.07) is 0. The smallest absolute Gasteiger partial charge is 0.255 e. The molecule has 0 atom stereocenters. The molecule has 0 aromatic carbocycles. The lowest BCUT2D eigenvalue weighted by Gasteiger charge is -2.11. The summed E-state index contributed by atoms with van der Waals surface area (Å²) in [7, 11) is 0. The normalized spacial score (nSPS) is 10.5. The van der Waals surface area contributed by atoms with Crippen molar-refractivity contribution in [3.8, 4) is 12.3 Å². The molecule has 0 radical (unpaired) electrons. The molecule has 94 valence electrons. The highest BCUT2D eigenvalue weighted by molar-refractivity contribution is 6.30. The van der Waals surface area contributed by atoms with Crippen LogP contribution in [0.2, 0.25) is 5.15 Å². The average molecular weight is 264 g/mol. The van der Waals surface area contributed by atoms with E-state index in [-0.39, 0.29) is 0 Å². The molecule has 0 bridgehead atoms. The molecule has 2 rings (SSSR count). The minimum Gasteiger partial charge on any atom is -0.370 e. The van der Waals surface area contributed by atoms with Gasteiger partial charge in [0, 0.05) is 18.5 Å². The largest absolute Gasteiger partial charge is 0.370 e. The van der Waals surface area contributed by atoms with Crippen molar-refractivity contribution in [2.24, 2.45) is 0 Å². The van der Waals surface area contributed by atoms with Gasteiger partial charge in [-0.1, -0.05) is 11.6 Å². The van der Waals surface area contributed by atoms with Crippen LogP contribution in [0.4, 0.5) is 5.82 Å². The lowest BCUT2D eigenvalue weighted by molar-refractivity contribution is 0.780. The van der Waals surface area contributed by atoms with Crippen LogP contribution in [0, 0.1) is 19.3 Å². The Morgan fingerprint density at radius 1 is 1.50 bits per heavy atom. The zero-order valence-corrected chi connectivity index (χ0v) is 10.9. The van der Waals surface area contributed by atoms with Crippen molar-refractivity contribution in [2.75, 3.05) is 11.9 Å². The van der Waals surface area contributed by atoms with Crippen LogP contribution in [0.15, 0.2) is 6.33 Å². The monoisotopic (exact) mass is 263 g/mol. The second-order valence-corrected chi connectivity index (χ2v) is 4.29. The number of fused-ring (bicyclic) bond motifs is 1. The molecule has 0 saturated carbocycles. The number of rotatable bonds is 5. The first kappa shape index (κ1) is 12.7. The van der Waals surface area contributed by atoms with Gasteiger partial charge in [0.1, 0.15) is 17.3 Å². The summed E-state index contributed by atoms with van der Waals surface area (Å²) in [5, 5.41) is 7.88. The molecule has 6 heteroatoms. The van der Waals surface area contributed by atoms with E-state index in [2.05, 4.69) is 26.3 Å². The predicted molar refractivity (Wildman–Crippen MR) is 71.7 cm³/mol. The number of aromatic nitrogens is 4. The van der Waals surface area contributed by atoms with Crippen molar-refractivity contribution >= 4 is 23.2 Å². The highest BCUT2D eigenvalue weighted by atomic mass is 35.5. The molecule has 0 aliphatic carbocycles. The molecule has 0 amide bonds. The molecule has 5 nitrogen and oxygen atoms in total. The van der Waals surface area contributed by atoms with Gasteiger partial charge in [-0.05, 0) is 19.8 Å². The fourth-order valence-corrected chi connectivity index (χ4v) is 1.83. The van der Waals surface area contributed by atoms with E-state index in [0.29, 0.717) is 10.9 Å². The predicted octanol–water partition coefficient (Wildman–Crippen LogP) is 2.30. The van der Waals surface area contributed by atoms with Crippen LogP contribution < -0.4 is 5.32 Å². The number of halogens is 1. The van der Waals surface area contributed by atoms with Gasteiger partial charge >= 0.3 is 0 Å². The third-order valence-corrected chi connectivity index (χ3v) is 3.01. The van der Waals surface area contributed by atoms with E-state index >= 15 is 0 Å². The van der Waals surface area contributed by atoms with E-state index in [9.17, 15) is 0 Å². The Balaban J connectivity index is 2.14. The molecule has 0 spiro atoms. The second kappa shape index (κ2) is 5.69. The Morgan fingerprint density at radius 2 is 2.33 bits per heavy atom. The van der Waals surface area contributed by atoms with Gasteiger partial charge in [0.2, 0.25) is 0 Å². The highest BCUT2D eigenvalue weighted by Crippen LogP contribution is 2.21. The summed E-state index contributed by atoms with van der Waals surface area (Å²) >= 11 is 6.05. The van der Waals surface area contributed by atoms with Crippen LogP contribution in [0.3, 0.4) is 0 Å². The van der Waals surface area contributed by atoms with Gasteiger partial charge in [-0.3, -0.25) is 0 Å². The Bertz CT molecular complexity index is 584. The van der Waals surface area contributed by atoms with Gasteiger partial charge in [-0.15, -0.1) is 12.3 Å². The molecular formula is C12H14ClN5. The maximum Gasteiger partial charge on any atom is 0.255 e. The standard InChI is InChI=1S/C12H14ClN5/c1-3-4-5-6-7-14-11-9(2)10(13)17-12-15-8-16-18(11)12/h1,8,14H,4-7H2,2H3. The fraction of sp³-hybridized carbons (Fsp3) is 0.417. The molecule has 2 heterocycles. The van der Waals surface area contributed by atoms with Crippen LogP contribution >= 0.6 is 11.6 Å². The van der Waals surface area contributed by atoms with E-state index in [1.54, 1.807) is 4.52 Å². The van der Waals surface area contributed by atoms with Crippen molar-refractivity contribution in [2.45, 2.75) is 26.2 Å². The maximum absolute atomic E-state index is 6.05. The zero-order valence-electron chi connectivity index (χ0n) is 10.1. The van der Waals surface area contributed by atoms with Crippen LogP contribution in [0.1, 0.15) is 24.8 Å². The van der Waals surface area contributed by atoms with E-state index in [1.807, 2.05) is 6.92 Å². The molecule has 18 heavy (non-hydrogen) atoms. The van der Waals surface area contributed by atoms with Gasteiger partial charge < -0.3 is 5.32 Å². The van der Waals surface area contributed by atoms with Crippen molar-refractivity contribution < 1.29 is 0 Å². The molecule has 0 unspecified atom stereocenters. The average Bonchev–Trinajstić information content (AvgIpc) is 2.81. The van der Waals surface area contributed by atoms with E-state index < -0.39 is 0 Å². The molecular weight excluding hydrogens is 250 g/mol. The minimum atomic E-state index is 0.446. The summed E-state index contributed by atoms with van der Waals surface area (Å²) in [6.07, 6.45) is 9.47. The molecule has 2 aromatic rings. The van der Waals surface area contributed by atoms with Gasteiger partial charge in [0.05, 0.1) is 0 Å². The lowest BCUT2D eigenvalue weighted by atomic mass is 10.2. The van der Waals surface area contributed by atoms with Crippen LogP contribution in [0.25, 0.3) is 5.78 Å². The topological polar surface area (TPSA) is 55.1 Å². The summed E-state index contributed by atoms with van der Waals surface area (Å²) in [5.41, 5.74) is 0.867. The number of unbranched alkanes of at least 4 members (excludes halogenated alkanes) is 2. The van der Waals surface area contributed by atoms with E-state index in [4.69, 9.17) is 18.0 Å². The van der Waals surface area contributed by atoms with Crippen LogP contribution in [-0.4, -0.2) is 26.1 Å². The molecule has 0 fully saturated rings. The Morgan fingerprint density at radius 3 is 3.11 bits per heavy atom. The SMILES string of the molecule is C#CCCCCNc1c(C)c(Cl)nc2ncnn12. The number of terminal acetylenes is 1. The molecule has 0 aliphatic rings. The van der Waals surface area contributed by atoms with Gasteiger partial charge in [0.25, 0.3) is 5.78 Å². The minimum absolute atomic E-state index is 0.446. The second-order valence-electron chi connectivity index (χ2n) is 3.94. The third kappa shape index (κ3) is 2.54. The van der Waals surface area contributed by atoms with E-state index in [1.165, 1.54) is 6.33 Å². The zero-order chi connectivity index (χ0) is 13.0. The first-order valence-electron chi connectivity index (χ1n) is 5.77. The summed E-state index contributed by atoms with van der Waals surface area (Å²) in [4.78, 5) is 8.17. The number of hydrogen-bond donors (Lipinski definition) is 1. The summed E-state index contributed by atoms with van der Waals surface area (Å²) in [5.74, 6) is 3.96. The van der Waals surface area contributed by atoms with Crippen LogP contribution in [-0.2, 0) is 0 Å².